The number of amides is 1. The Kier molecular flexibility index (Phi) is 5.34. The minimum absolute atomic E-state index is 0.119. The highest BCUT2D eigenvalue weighted by Gasteiger charge is 2.24. The summed E-state index contributed by atoms with van der Waals surface area (Å²) in [6, 6.07) is 11.7. The number of carbonyl (C=O) groups is 1. The zero-order valence-corrected chi connectivity index (χ0v) is 14.9. The van der Waals surface area contributed by atoms with Crippen LogP contribution in [0.2, 0.25) is 0 Å². The average molecular weight is 339 g/mol. The Morgan fingerprint density at radius 2 is 1.80 bits per heavy atom. The third kappa shape index (κ3) is 4.17. The smallest absolute Gasteiger partial charge is 0.252 e. The first kappa shape index (κ1) is 17.4. The van der Waals surface area contributed by atoms with E-state index in [4.69, 9.17) is 0 Å². The largest absolute Gasteiger partial charge is 0.350 e. The van der Waals surface area contributed by atoms with Crippen molar-refractivity contribution in [1.82, 2.24) is 14.8 Å². The molecule has 25 heavy (non-hydrogen) atoms. The predicted octanol–water partition coefficient (Wildman–Crippen LogP) is 2.26. The van der Waals surface area contributed by atoms with E-state index in [9.17, 15) is 9.59 Å². The standard InChI is InChI=1S/C20H25N3O2/c1-15-5-7-16(8-6-15)18(23-11-3-4-12-23)13-21-20(25)17-9-10-19(24)22(2)14-17/h5-10,14,18H,3-4,11-13H2,1-2H3,(H,21,25)/t18-/m1/s1. The SMILES string of the molecule is Cc1ccc([C@@H](CNC(=O)c2ccc(=O)n(C)c2)N2CCCC2)cc1. The van der Waals surface area contributed by atoms with Crippen LogP contribution in [0.1, 0.15) is 40.4 Å². The molecule has 1 aliphatic heterocycles. The van der Waals surface area contributed by atoms with Gasteiger partial charge in [0, 0.05) is 25.9 Å². The molecular weight excluding hydrogens is 314 g/mol. The quantitative estimate of drug-likeness (QED) is 0.909. The molecule has 0 spiro atoms. The Balaban J connectivity index is 1.73. The van der Waals surface area contributed by atoms with Crippen molar-refractivity contribution in [2.24, 2.45) is 7.05 Å². The van der Waals surface area contributed by atoms with Crippen molar-refractivity contribution in [3.8, 4) is 0 Å². The maximum atomic E-state index is 12.5. The second-order valence-corrected chi connectivity index (χ2v) is 6.75. The van der Waals surface area contributed by atoms with Crippen LogP contribution in [0.3, 0.4) is 0 Å². The summed E-state index contributed by atoms with van der Waals surface area (Å²) in [6.07, 6.45) is 3.99. The monoisotopic (exact) mass is 339 g/mol. The molecule has 0 radical (unpaired) electrons. The Morgan fingerprint density at radius 1 is 1.12 bits per heavy atom. The van der Waals surface area contributed by atoms with Gasteiger partial charge in [-0.3, -0.25) is 14.5 Å². The molecule has 1 aromatic carbocycles. The summed E-state index contributed by atoms with van der Waals surface area (Å²) in [6.45, 7) is 4.77. The highest BCUT2D eigenvalue weighted by molar-refractivity contribution is 5.93. The van der Waals surface area contributed by atoms with Gasteiger partial charge in [0.15, 0.2) is 0 Å². The van der Waals surface area contributed by atoms with Gasteiger partial charge in [0.05, 0.1) is 11.6 Å². The van der Waals surface area contributed by atoms with Crippen LogP contribution in [-0.2, 0) is 7.05 Å². The maximum absolute atomic E-state index is 12.5. The average Bonchev–Trinajstić information content (AvgIpc) is 3.13. The minimum atomic E-state index is -0.146. The number of pyridine rings is 1. The van der Waals surface area contributed by atoms with Crippen LogP contribution in [-0.4, -0.2) is 35.0 Å². The fraction of sp³-hybridized carbons (Fsp3) is 0.400. The number of carbonyl (C=O) groups excluding carboxylic acids is 1. The number of hydrogen-bond acceptors (Lipinski definition) is 3. The van der Waals surface area contributed by atoms with E-state index in [1.807, 2.05) is 0 Å². The van der Waals surface area contributed by atoms with Crippen molar-refractivity contribution < 1.29 is 4.79 Å². The fourth-order valence-corrected chi connectivity index (χ4v) is 3.32. The molecule has 2 heterocycles. The van der Waals surface area contributed by atoms with Crippen LogP contribution in [0.25, 0.3) is 0 Å². The van der Waals surface area contributed by atoms with Gasteiger partial charge in [0.25, 0.3) is 5.91 Å². The topological polar surface area (TPSA) is 54.3 Å². The van der Waals surface area contributed by atoms with Crippen LogP contribution < -0.4 is 10.9 Å². The highest BCUT2D eigenvalue weighted by atomic mass is 16.2. The first-order valence-electron chi connectivity index (χ1n) is 8.80. The van der Waals surface area contributed by atoms with Gasteiger partial charge in [-0.1, -0.05) is 29.8 Å². The normalized spacial score (nSPS) is 15.9. The summed E-state index contributed by atoms with van der Waals surface area (Å²) in [5, 5.41) is 3.04. The van der Waals surface area contributed by atoms with E-state index < -0.39 is 0 Å². The second kappa shape index (κ2) is 7.66. The lowest BCUT2D eigenvalue weighted by atomic mass is 10.0. The molecule has 0 saturated carbocycles. The number of likely N-dealkylation sites (tertiary alicyclic amines) is 1. The number of aromatic nitrogens is 1. The summed E-state index contributed by atoms with van der Waals surface area (Å²) in [5.41, 5.74) is 2.85. The number of hydrogen-bond donors (Lipinski definition) is 1. The van der Waals surface area contributed by atoms with Gasteiger partial charge in [-0.05, 0) is 44.5 Å². The first-order valence-corrected chi connectivity index (χ1v) is 8.80. The van der Waals surface area contributed by atoms with E-state index in [-0.39, 0.29) is 17.5 Å². The molecule has 1 fully saturated rings. The summed E-state index contributed by atoms with van der Waals surface area (Å²) >= 11 is 0. The van der Waals surface area contributed by atoms with Gasteiger partial charge in [-0.2, -0.15) is 0 Å². The summed E-state index contributed by atoms with van der Waals surface area (Å²) in [7, 11) is 1.65. The Labute approximate surface area is 148 Å². The number of nitrogens with zero attached hydrogens (tertiary/aromatic N) is 2. The van der Waals surface area contributed by atoms with E-state index in [1.54, 1.807) is 19.3 Å². The predicted molar refractivity (Wildman–Crippen MR) is 98.7 cm³/mol. The maximum Gasteiger partial charge on any atom is 0.252 e. The second-order valence-electron chi connectivity index (χ2n) is 6.75. The molecule has 1 amide bonds. The van der Waals surface area contributed by atoms with E-state index in [0.717, 1.165) is 13.1 Å². The van der Waals surface area contributed by atoms with E-state index in [0.29, 0.717) is 12.1 Å². The molecule has 132 valence electrons. The van der Waals surface area contributed by atoms with Crippen molar-refractivity contribution in [2.75, 3.05) is 19.6 Å². The highest BCUT2D eigenvalue weighted by Crippen LogP contribution is 2.25. The van der Waals surface area contributed by atoms with Gasteiger partial charge in [0.1, 0.15) is 0 Å². The molecule has 0 bridgehead atoms. The fourth-order valence-electron chi connectivity index (χ4n) is 3.32. The summed E-state index contributed by atoms with van der Waals surface area (Å²) < 4.78 is 1.42. The molecule has 2 aromatic rings. The van der Waals surface area contributed by atoms with Crippen molar-refractivity contribution >= 4 is 5.91 Å². The first-order chi connectivity index (χ1) is 12.0. The van der Waals surface area contributed by atoms with Gasteiger partial charge < -0.3 is 9.88 Å². The molecule has 1 N–H and O–H groups in total. The summed E-state index contributed by atoms with van der Waals surface area (Å²) in [4.78, 5) is 26.4. The minimum Gasteiger partial charge on any atom is -0.350 e. The molecule has 0 aliphatic carbocycles. The van der Waals surface area contributed by atoms with Crippen molar-refractivity contribution in [1.29, 1.82) is 0 Å². The molecular formula is C20H25N3O2. The Hall–Kier alpha value is -2.40. The molecule has 3 rings (SSSR count). The lowest BCUT2D eigenvalue weighted by Gasteiger charge is -2.28. The lowest BCUT2D eigenvalue weighted by Crippen LogP contribution is -2.37. The van der Waals surface area contributed by atoms with E-state index in [2.05, 4.69) is 41.4 Å². The lowest BCUT2D eigenvalue weighted by molar-refractivity contribution is 0.0937. The molecule has 1 aromatic heterocycles. The molecule has 1 saturated heterocycles. The van der Waals surface area contributed by atoms with E-state index in [1.165, 1.54) is 34.6 Å². The summed E-state index contributed by atoms with van der Waals surface area (Å²) in [5.74, 6) is -0.146. The molecule has 0 unspecified atom stereocenters. The van der Waals surface area contributed by atoms with Crippen LogP contribution in [0.15, 0.2) is 47.4 Å². The van der Waals surface area contributed by atoms with Gasteiger partial charge in [-0.15, -0.1) is 0 Å². The van der Waals surface area contributed by atoms with Gasteiger partial charge in [-0.25, -0.2) is 0 Å². The van der Waals surface area contributed by atoms with Crippen molar-refractivity contribution in [2.45, 2.75) is 25.8 Å². The van der Waals surface area contributed by atoms with E-state index >= 15 is 0 Å². The molecule has 5 nitrogen and oxygen atoms in total. The molecule has 5 heteroatoms. The van der Waals surface area contributed by atoms with Crippen LogP contribution in [0.5, 0.6) is 0 Å². The van der Waals surface area contributed by atoms with Gasteiger partial charge >= 0.3 is 0 Å². The Bertz CT molecular complexity index is 789. The number of rotatable bonds is 5. The van der Waals surface area contributed by atoms with Crippen molar-refractivity contribution in [3.05, 3.63) is 69.6 Å². The Morgan fingerprint density at radius 3 is 2.44 bits per heavy atom. The zero-order chi connectivity index (χ0) is 17.8. The van der Waals surface area contributed by atoms with Crippen LogP contribution in [0, 0.1) is 6.92 Å². The molecule has 1 atom stereocenters. The van der Waals surface area contributed by atoms with Crippen molar-refractivity contribution in [3.63, 3.8) is 0 Å². The van der Waals surface area contributed by atoms with Crippen LogP contribution >= 0.6 is 0 Å². The van der Waals surface area contributed by atoms with Crippen LogP contribution in [0.4, 0.5) is 0 Å². The number of nitrogens with one attached hydrogen (secondary N) is 1. The zero-order valence-electron chi connectivity index (χ0n) is 14.9. The molecule has 1 aliphatic rings. The third-order valence-corrected chi connectivity index (χ3v) is 4.85. The third-order valence-electron chi connectivity index (χ3n) is 4.85. The number of benzene rings is 1. The number of aryl methyl sites for hydroxylation is 2. The van der Waals surface area contributed by atoms with Gasteiger partial charge in [0.2, 0.25) is 5.56 Å².